The van der Waals surface area contributed by atoms with Crippen LogP contribution in [0.3, 0.4) is 0 Å². The molecule has 0 bridgehead atoms. The van der Waals surface area contributed by atoms with Crippen molar-refractivity contribution in [3.63, 3.8) is 0 Å². The zero-order valence-corrected chi connectivity index (χ0v) is 17.1. The van der Waals surface area contributed by atoms with Gasteiger partial charge in [-0.1, -0.05) is 18.2 Å². The van der Waals surface area contributed by atoms with Crippen LogP contribution in [-0.2, 0) is 13.0 Å². The number of hydrogen-bond acceptors (Lipinski definition) is 4. The zero-order valence-electron chi connectivity index (χ0n) is 15.4. The fourth-order valence-corrected chi connectivity index (χ4v) is 3.93. The molecule has 148 valence electrons. The summed E-state index contributed by atoms with van der Waals surface area (Å²) in [6.45, 7) is 4.56. The number of benzene rings is 1. The molecule has 7 heteroatoms. The smallest absolute Gasteiger partial charge is 0.254 e. The van der Waals surface area contributed by atoms with Crippen molar-refractivity contribution in [1.82, 2.24) is 10.6 Å². The lowest BCUT2D eigenvalue weighted by Crippen LogP contribution is -2.37. The van der Waals surface area contributed by atoms with Gasteiger partial charge in [0, 0.05) is 24.3 Å². The Kier molecular flexibility index (Phi) is 7.59. The Morgan fingerprint density at radius 2 is 2.11 bits per heavy atom. The van der Waals surface area contributed by atoms with Crippen LogP contribution in [0.5, 0.6) is 0 Å². The van der Waals surface area contributed by atoms with Crippen molar-refractivity contribution in [2.24, 2.45) is 0 Å². The van der Waals surface area contributed by atoms with Gasteiger partial charge in [-0.2, -0.15) is 0 Å². The van der Waals surface area contributed by atoms with Crippen LogP contribution in [-0.4, -0.2) is 31.1 Å². The zero-order chi connectivity index (χ0) is 17.2. The van der Waals surface area contributed by atoms with Gasteiger partial charge in [0.05, 0.1) is 18.4 Å². The van der Waals surface area contributed by atoms with Gasteiger partial charge in [0.25, 0.3) is 5.91 Å². The van der Waals surface area contributed by atoms with Gasteiger partial charge in [0.2, 0.25) is 0 Å². The first-order chi connectivity index (χ1) is 12.2. The second-order valence-electron chi connectivity index (χ2n) is 7.07. The lowest BCUT2D eigenvalue weighted by molar-refractivity contribution is 0.0948. The highest BCUT2D eigenvalue weighted by Gasteiger charge is 2.28. The maximum Gasteiger partial charge on any atom is 0.254 e. The van der Waals surface area contributed by atoms with E-state index in [1.54, 1.807) is 12.3 Å². The fraction of sp³-hybridized carbons (Fsp3) is 0.450. The minimum atomic E-state index is -0.0439. The first kappa shape index (κ1) is 21.6. The normalized spacial score (nSPS) is 20.6. The van der Waals surface area contributed by atoms with Crippen LogP contribution in [0.4, 0.5) is 5.69 Å². The van der Waals surface area contributed by atoms with Gasteiger partial charge in [0.1, 0.15) is 5.76 Å². The molecular weight excluding hydrogens is 385 g/mol. The second-order valence-corrected chi connectivity index (χ2v) is 7.07. The van der Waals surface area contributed by atoms with E-state index in [-0.39, 0.29) is 30.7 Å². The quantitative estimate of drug-likeness (QED) is 0.789. The molecular formula is C20H27Cl2N3O2. The maximum atomic E-state index is 12.6. The Morgan fingerprint density at radius 1 is 1.30 bits per heavy atom. The predicted molar refractivity (Wildman–Crippen MR) is 112 cm³/mol. The Hall–Kier alpha value is -1.69. The average Bonchev–Trinajstić information content (AvgIpc) is 3.34. The van der Waals surface area contributed by atoms with Gasteiger partial charge in [-0.25, -0.2) is 0 Å². The topological polar surface area (TPSA) is 57.5 Å². The molecule has 0 spiro atoms. The first-order valence-electron chi connectivity index (χ1n) is 9.15. The monoisotopic (exact) mass is 411 g/mol. The Balaban J connectivity index is 0.00000131. The summed E-state index contributed by atoms with van der Waals surface area (Å²) in [6.07, 6.45) is 4.96. The van der Waals surface area contributed by atoms with Crippen LogP contribution >= 0.6 is 24.8 Å². The van der Waals surface area contributed by atoms with Gasteiger partial charge >= 0.3 is 0 Å². The molecule has 1 aromatic carbocycles. The van der Waals surface area contributed by atoms with Crippen molar-refractivity contribution >= 4 is 36.4 Å². The van der Waals surface area contributed by atoms with E-state index in [2.05, 4.69) is 46.7 Å². The van der Waals surface area contributed by atoms with E-state index in [0.29, 0.717) is 30.7 Å². The summed E-state index contributed by atoms with van der Waals surface area (Å²) in [5.41, 5.74) is 3.25. The van der Waals surface area contributed by atoms with Crippen LogP contribution in [0.25, 0.3) is 0 Å². The van der Waals surface area contributed by atoms with Crippen molar-refractivity contribution in [1.29, 1.82) is 0 Å². The van der Waals surface area contributed by atoms with Crippen LogP contribution in [0, 0.1) is 0 Å². The van der Waals surface area contributed by atoms with Crippen LogP contribution in [0.1, 0.15) is 41.4 Å². The molecule has 1 fully saturated rings. The number of hydrogen-bond donors (Lipinski definition) is 2. The van der Waals surface area contributed by atoms with E-state index >= 15 is 0 Å². The van der Waals surface area contributed by atoms with Crippen molar-refractivity contribution < 1.29 is 9.21 Å². The highest BCUT2D eigenvalue weighted by Crippen LogP contribution is 2.33. The standard InChI is InChI=1S/C20H25N3O2.2ClH/c1-14-11-15-5-2-3-7-18(15)23(14)13-19-17(8-10-25-19)20(24)22-12-16-6-4-9-21-16;;/h2-3,5,7-8,10,14,16,21H,4,6,9,11-13H2,1H3,(H,22,24);2*1H. The van der Waals surface area contributed by atoms with Crippen LogP contribution in [0.2, 0.25) is 0 Å². The molecule has 5 nitrogen and oxygen atoms in total. The van der Waals surface area contributed by atoms with E-state index < -0.39 is 0 Å². The van der Waals surface area contributed by atoms with Gasteiger partial charge in [0.15, 0.2) is 0 Å². The average molecular weight is 412 g/mol. The summed E-state index contributed by atoms with van der Waals surface area (Å²) >= 11 is 0. The molecule has 0 aliphatic carbocycles. The summed E-state index contributed by atoms with van der Waals surface area (Å²) in [4.78, 5) is 14.9. The molecule has 0 saturated carbocycles. The molecule has 2 aromatic rings. The number of halogens is 2. The fourth-order valence-electron chi connectivity index (χ4n) is 3.93. The van der Waals surface area contributed by atoms with Gasteiger partial charge in [-0.3, -0.25) is 4.79 Å². The highest BCUT2D eigenvalue weighted by atomic mass is 35.5. The Morgan fingerprint density at radius 3 is 2.89 bits per heavy atom. The number of amides is 1. The third-order valence-corrected chi connectivity index (χ3v) is 5.32. The number of nitrogens with zero attached hydrogens (tertiary/aromatic N) is 1. The van der Waals surface area contributed by atoms with Gasteiger partial charge in [-0.05, 0) is 50.4 Å². The van der Waals surface area contributed by atoms with Crippen molar-refractivity contribution in [3.8, 4) is 0 Å². The van der Waals surface area contributed by atoms with Gasteiger partial charge < -0.3 is 20.0 Å². The molecule has 2 unspecified atom stereocenters. The molecule has 0 radical (unpaired) electrons. The number of carbonyl (C=O) groups is 1. The predicted octanol–water partition coefficient (Wildman–Crippen LogP) is 3.56. The van der Waals surface area contributed by atoms with E-state index in [0.717, 1.165) is 25.1 Å². The van der Waals surface area contributed by atoms with E-state index in [1.165, 1.54) is 17.7 Å². The molecule has 2 atom stereocenters. The molecule has 4 rings (SSSR count). The van der Waals surface area contributed by atoms with E-state index in [1.807, 2.05) is 0 Å². The SMILES string of the molecule is CC1Cc2ccccc2N1Cc1occc1C(=O)NCC1CCCN1.Cl.Cl. The minimum Gasteiger partial charge on any atom is -0.467 e. The lowest BCUT2D eigenvalue weighted by atomic mass is 10.1. The largest absolute Gasteiger partial charge is 0.467 e. The minimum absolute atomic E-state index is 0. The van der Waals surface area contributed by atoms with Crippen LogP contribution in [0.15, 0.2) is 41.0 Å². The van der Waals surface area contributed by atoms with E-state index in [4.69, 9.17) is 4.42 Å². The summed E-state index contributed by atoms with van der Waals surface area (Å²) in [7, 11) is 0. The maximum absolute atomic E-state index is 12.6. The number of rotatable bonds is 5. The highest BCUT2D eigenvalue weighted by molar-refractivity contribution is 5.95. The first-order valence-corrected chi connectivity index (χ1v) is 9.15. The second kappa shape index (κ2) is 9.49. The Bertz CT molecular complexity index is 759. The third-order valence-electron chi connectivity index (χ3n) is 5.32. The molecule has 27 heavy (non-hydrogen) atoms. The summed E-state index contributed by atoms with van der Waals surface area (Å²) in [6, 6.07) is 11.0. The summed E-state index contributed by atoms with van der Waals surface area (Å²) < 4.78 is 5.66. The molecule has 2 N–H and O–H groups in total. The molecule has 2 aliphatic heterocycles. The molecule has 1 amide bonds. The summed E-state index contributed by atoms with van der Waals surface area (Å²) in [5, 5.41) is 6.44. The molecule has 1 saturated heterocycles. The lowest BCUT2D eigenvalue weighted by Gasteiger charge is -2.24. The Labute approximate surface area is 172 Å². The molecule has 2 aliphatic rings. The number of furan rings is 1. The third kappa shape index (κ3) is 4.60. The summed E-state index contributed by atoms with van der Waals surface area (Å²) in [5.74, 6) is 0.693. The number of anilines is 1. The number of nitrogens with one attached hydrogen (secondary N) is 2. The molecule has 3 heterocycles. The van der Waals surface area contributed by atoms with E-state index in [9.17, 15) is 4.79 Å². The van der Waals surface area contributed by atoms with Crippen LogP contribution < -0.4 is 15.5 Å². The van der Waals surface area contributed by atoms with Crippen molar-refractivity contribution in [2.45, 2.75) is 44.8 Å². The number of carbonyl (C=O) groups excluding carboxylic acids is 1. The number of para-hydroxylation sites is 1. The molecule has 1 aromatic heterocycles. The number of fused-ring (bicyclic) bond motifs is 1. The van der Waals surface area contributed by atoms with Crippen molar-refractivity contribution in [3.05, 3.63) is 53.5 Å². The van der Waals surface area contributed by atoms with Gasteiger partial charge in [-0.15, -0.1) is 24.8 Å². The van der Waals surface area contributed by atoms with Crippen molar-refractivity contribution in [2.75, 3.05) is 18.0 Å².